The number of carbonyl (C=O) groups is 1. The molecule has 2 aromatic carbocycles. The van der Waals surface area contributed by atoms with Crippen molar-refractivity contribution in [3.05, 3.63) is 57.6 Å². The summed E-state index contributed by atoms with van der Waals surface area (Å²) in [6, 6.07) is 10.4. The summed E-state index contributed by atoms with van der Waals surface area (Å²) in [5, 5.41) is 0.452. The molecule has 1 amide bonds. The van der Waals surface area contributed by atoms with Crippen molar-refractivity contribution in [3.63, 3.8) is 0 Å². The number of hydrogen-bond donors (Lipinski definition) is 0. The van der Waals surface area contributed by atoms with Gasteiger partial charge in [-0.2, -0.15) is 0 Å². The maximum absolute atomic E-state index is 12.7. The van der Waals surface area contributed by atoms with Crippen LogP contribution in [0, 0.1) is 0 Å². The van der Waals surface area contributed by atoms with Crippen molar-refractivity contribution in [2.24, 2.45) is 0 Å². The first-order valence-corrected chi connectivity index (χ1v) is 8.87. The van der Waals surface area contributed by atoms with Crippen LogP contribution in [0.15, 0.2) is 52.0 Å². The van der Waals surface area contributed by atoms with Crippen molar-refractivity contribution >= 4 is 38.4 Å². The van der Waals surface area contributed by atoms with Crippen molar-refractivity contribution < 1.29 is 14.3 Å². The zero-order valence-corrected chi connectivity index (χ0v) is 16.7. The molecule has 0 aliphatic heterocycles. The van der Waals surface area contributed by atoms with E-state index in [2.05, 4.69) is 20.9 Å². The van der Waals surface area contributed by atoms with E-state index in [-0.39, 0.29) is 18.0 Å². The van der Waals surface area contributed by atoms with E-state index in [1.165, 1.54) is 22.9 Å². The lowest BCUT2D eigenvalue weighted by Gasteiger charge is -2.19. The van der Waals surface area contributed by atoms with Gasteiger partial charge in [0, 0.05) is 23.3 Å². The van der Waals surface area contributed by atoms with Crippen LogP contribution in [-0.2, 0) is 11.3 Å². The molecule has 140 valence electrons. The second kappa shape index (κ2) is 7.79. The first kappa shape index (κ1) is 18.9. The van der Waals surface area contributed by atoms with Crippen molar-refractivity contribution in [2.45, 2.75) is 6.54 Å². The average Bonchev–Trinajstić information content (AvgIpc) is 2.69. The maximum Gasteiger partial charge on any atom is 0.261 e. The molecule has 27 heavy (non-hydrogen) atoms. The number of ether oxygens (including phenoxy) is 2. The van der Waals surface area contributed by atoms with Gasteiger partial charge >= 0.3 is 0 Å². The Bertz CT molecular complexity index is 1060. The first-order chi connectivity index (χ1) is 12.9. The quantitative estimate of drug-likeness (QED) is 0.620. The number of methoxy groups -OCH3 is 2. The summed E-state index contributed by atoms with van der Waals surface area (Å²) in [5.41, 5.74) is 0.942. The second-order valence-corrected chi connectivity index (χ2v) is 6.75. The topological polar surface area (TPSA) is 73.7 Å². The predicted octanol–water partition coefficient (Wildman–Crippen LogP) is 2.84. The highest BCUT2D eigenvalue weighted by molar-refractivity contribution is 9.10. The zero-order chi connectivity index (χ0) is 19.6. The van der Waals surface area contributed by atoms with E-state index in [9.17, 15) is 9.59 Å². The van der Waals surface area contributed by atoms with E-state index in [0.29, 0.717) is 28.1 Å². The third kappa shape index (κ3) is 3.80. The van der Waals surface area contributed by atoms with E-state index in [0.717, 1.165) is 4.47 Å². The zero-order valence-electron chi connectivity index (χ0n) is 15.1. The van der Waals surface area contributed by atoms with Crippen LogP contribution in [-0.4, -0.2) is 36.7 Å². The van der Waals surface area contributed by atoms with E-state index >= 15 is 0 Å². The Kier molecular flexibility index (Phi) is 5.46. The molecule has 8 heteroatoms. The molecule has 0 spiro atoms. The van der Waals surface area contributed by atoms with Gasteiger partial charge in [-0.05, 0) is 30.3 Å². The number of carbonyl (C=O) groups excluding carboxylic acids is 1. The van der Waals surface area contributed by atoms with Gasteiger partial charge in [-0.1, -0.05) is 15.9 Å². The molecule has 0 atom stereocenters. The van der Waals surface area contributed by atoms with Crippen molar-refractivity contribution in [1.29, 1.82) is 0 Å². The molecular formula is C19H18BrN3O4. The van der Waals surface area contributed by atoms with Crippen LogP contribution < -0.4 is 19.9 Å². The van der Waals surface area contributed by atoms with E-state index in [4.69, 9.17) is 9.47 Å². The molecule has 0 fully saturated rings. The molecule has 7 nitrogen and oxygen atoms in total. The standard InChI is InChI=1S/C19H18BrN3O4/c1-22(13-5-7-16(26-2)17(9-13)27-3)18(24)10-23-11-21-15-6-4-12(20)8-14(15)19(23)25/h4-9,11H,10H2,1-3H3. The minimum atomic E-state index is -0.268. The SMILES string of the molecule is COc1ccc(N(C)C(=O)Cn2cnc3ccc(Br)cc3c2=O)cc1OC. The lowest BCUT2D eigenvalue weighted by molar-refractivity contribution is -0.118. The van der Waals surface area contributed by atoms with Gasteiger partial charge < -0.3 is 14.4 Å². The lowest BCUT2D eigenvalue weighted by atomic mass is 10.2. The van der Waals surface area contributed by atoms with Crippen LogP contribution in [0.4, 0.5) is 5.69 Å². The van der Waals surface area contributed by atoms with Gasteiger partial charge in [0.1, 0.15) is 6.54 Å². The summed E-state index contributed by atoms with van der Waals surface area (Å²) in [6.07, 6.45) is 1.39. The summed E-state index contributed by atoms with van der Waals surface area (Å²) in [5.74, 6) is 0.826. The Morgan fingerprint density at radius 2 is 1.89 bits per heavy atom. The van der Waals surface area contributed by atoms with Crippen LogP contribution in [0.2, 0.25) is 0 Å². The molecule has 0 saturated carbocycles. The lowest BCUT2D eigenvalue weighted by Crippen LogP contribution is -2.34. The predicted molar refractivity (Wildman–Crippen MR) is 107 cm³/mol. The van der Waals surface area contributed by atoms with Gasteiger partial charge in [0.15, 0.2) is 11.5 Å². The fourth-order valence-corrected chi connectivity index (χ4v) is 3.03. The number of fused-ring (bicyclic) bond motifs is 1. The number of amides is 1. The first-order valence-electron chi connectivity index (χ1n) is 8.08. The highest BCUT2D eigenvalue weighted by atomic mass is 79.9. The average molecular weight is 432 g/mol. The van der Waals surface area contributed by atoms with Crippen LogP contribution in [0.3, 0.4) is 0 Å². The van der Waals surface area contributed by atoms with Gasteiger partial charge in [0.05, 0.1) is 31.4 Å². The molecule has 0 bridgehead atoms. The summed E-state index contributed by atoms with van der Waals surface area (Å²) in [4.78, 5) is 31.0. The third-order valence-corrected chi connectivity index (χ3v) is 4.71. The summed E-state index contributed by atoms with van der Waals surface area (Å²) in [7, 11) is 4.71. The minimum absolute atomic E-state index is 0.126. The Labute approximate surface area is 164 Å². The monoisotopic (exact) mass is 431 g/mol. The van der Waals surface area contributed by atoms with Crippen LogP contribution in [0.5, 0.6) is 11.5 Å². The van der Waals surface area contributed by atoms with Crippen LogP contribution >= 0.6 is 15.9 Å². The molecular weight excluding hydrogens is 414 g/mol. The van der Waals surface area contributed by atoms with E-state index in [1.54, 1.807) is 44.5 Å². The molecule has 0 unspecified atom stereocenters. The Morgan fingerprint density at radius 1 is 1.15 bits per heavy atom. The molecule has 3 aromatic rings. The number of benzene rings is 2. The molecule has 1 aromatic heterocycles. The molecule has 0 radical (unpaired) electrons. The highest BCUT2D eigenvalue weighted by Crippen LogP contribution is 2.31. The number of anilines is 1. The molecule has 0 aliphatic rings. The Morgan fingerprint density at radius 3 is 2.59 bits per heavy atom. The molecule has 0 aliphatic carbocycles. The van der Waals surface area contributed by atoms with Gasteiger partial charge in [-0.25, -0.2) is 4.98 Å². The fourth-order valence-electron chi connectivity index (χ4n) is 2.67. The van der Waals surface area contributed by atoms with Crippen LogP contribution in [0.1, 0.15) is 0 Å². The van der Waals surface area contributed by atoms with Gasteiger partial charge in [-0.3, -0.25) is 14.2 Å². The van der Waals surface area contributed by atoms with Crippen molar-refractivity contribution in [3.8, 4) is 11.5 Å². The minimum Gasteiger partial charge on any atom is -0.493 e. The van der Waals surface area contributed by atoms with E-state index in [1.807, 2.05) is 6.07 Å². The van der Waals surface area contributed by atoms with Gasteiger partial charge in [-0.15, -0.1) is 0 Å². The third-order valence-electron chi connectivity index (χ3n) is 4.22. The number of nitrogens with zero attached hydrogens (tertiary/aromatic N) is 3. The normalized spacial score (nSPS) is 10.7. The highest BCUT2D eigenvalue weighted by Gasteiger charge is 2.16. The number of aromatic nitrogens is 2. The number of rotatable bonds is 5. The Hall–Kier alpha value is -2.87. The van der Waals surface area contributed by atoms with Crippen molar-refractivity contribution in [2.75, 3.05) is 26.2 Å². The molecule has 0 N–H and O–H groups in total. The Balaban J connectivity index is 1.88. The van der Waals surface area contributed by atoms with Crippen LogP contribution in [0.25, 0.3) is 10.9 Å². The van der Waals surface area contributed by atoms with Gasteiger partial charge in [0.25, 0.3) is 5.56 Å². The van der Waals surface area contributed by atoms with E-state index < -0.39 is 0 Å². The van der Waals surface area contributed by atoms with Gasteiger partial charge in [0.2, 0.25) is 5.91 Å². The summed E-state index contributed by atoms with van der Waals surface area (Å²) < 4.78 is 12.6. The largest absolute Gasteiger partial charge is 0.493 e. The molecule has 3 rings (SSSR count). The summed E-state index contributed by atoms with van der Waals surface area (Å²) >= 11 is 3.35. The fraction of sp³-hybridized carbons (Fsp3) is 0.211. The molecule has 0 saturated heterocycles. The number of hydrogen-bond acceptors (Lipinski definition) is 5. The molecule has 1 heterocycles. The van der Waals surface area contributed by atoms with Crippen molar-refractivity contribution in [1.82, 2.24) is 9.55 Å². The summed E-state index contributed by atoms with van der Waals surface area (Å²) in [6.45, 7) is -0.126. The maximum atomic E-state index is 12.7. The second-order valence-electron chi connectivity index (χ2n) is 5.83. The number of halogens is 1. The number of likely N-dealkylation sites (N-methyl/N-ethyl adjacent to an activating group) is 1. The smallest absolute Gasteiger partial charge is 0.261 e.